The maximum absolute atomic E-state index is 12.9. The molecule has 0 saturated heterocycles. The summed E-state index contributed by atoms with van der Waals surface area (Å²) in [5.41, 5.74) is 6.41. The molecule has 9 heteroatoms. The zero-order valence-corrected chi connectivity index (χ0v) is 14.8. The lowest BCUT2D eigenvalue weighted by Gasteiger charge is -1.98. The van der Waals surface area contributed by atoms with Gasteiger partial charge in [0.05, 0.1) is 11.4 Å². The van der Waals surface area contributed by atoms with Gasteiger partial charge in [-0.15, -0.1) is 28.3 Å². The number of hydrogen-bond acceptors (Lipinski definition) is 7. The molecule has 1 N–H and O–H groups in total. The summed E-state index contributed by atoms with van der Waals surface area (Å²) in [5, 5.41) is 14.2. The van der Waals surface area contributed by atoms with E-state index in [4.69, 9.17) is 0 Å². The van der Waals surface area contributed by atoms with Crippen LogP contribution in [0.5, 0.6) is 0 Å². The number of nitrogens with zero attached hydrogens (tertiary/aromatic N) is 4. The molecule has 2 aromatic heterocycles. The average Bonchev–Trinajstić information content (AvgIpc) is 3.14. The molecule has 0 radical (unpaired) electrons. The smallest absolute Gasteiger partial charge is 0.203 e. The molecule has 0 atom stereocenters. The van der Waals surface area contributed by atoms with Gasteiger partial charge in [-0.25, -0.2) is 14.0 Å². The fraction of sp³-hybridized carbons (Fsp3) is 0.143. The molecule has 0 amide bonds. The van der Waals surface area contributed by atoms with Crippen molar-refractivity contribution in [1.82, 2.24) is 15.3 Å². The number of benzene rings is 1. The van der Waals surface area contributed by atoms with Crippen LogP contribution in [0.3, 0.4) is 0 Å². The Morgan fingerprint density at radius 2 is 2.00 bits per heavy atom. The number of hydrogen-bond donors (Lipinski definition) is 1. The number of aromatic nitrogens is 3. The molecule has 0 saturated carbocycles. The Morgan fingerprint density at radius 3 is 2.65 bits per heavy atom. The molecule has 0 spiro atoms. The Labute approximate surface area is 146 Å². The van der Waals surface area contributed by atoms with Gasteiger partial charge in [0.1, 0.15) is 11.5 Å². The zero-order valence-electron chi connectivity index (χ0n) is 12.3. The van der Waals surface area contributed by atoms with Crippen molar-refractivity contribution < 1.29 is 9.02 Å². The minimum absolute atomic E-state index is 0. The maximum atomic E-state index is 12.9. The normalized spacial score (nSPS) is 11.2. The highest BCUT2D eigenvalue weighted by atomic mass is 79.9. The second kappa shape index (κ2) is 7.42. The summed E-state index contributed by atoms with van der Waals surface area (Å²) < 4.78 is 17.6. The molecule has 0 aliphatic carbocycles. The van der Waals surface area contributed by atoms with Gasteiger partial charge >= 0.3 is 0 Å². The number of rotatable bonds is 4. The van der Waals surface area contributed by atoms with Gasteiger partial charge in [0, 0.05) is 10.9 Å². The second-order valence-corrected chi connectivity index (χ2v) is 5.41. The summed E-state index contributed by atoms with van der Waals surface area (Å²) in [7, 11) is 0. The van der Waals surface area contributed by atoms with Crippen molar-refractivity contribution in [3.05, 3.63) is 46.9 Å². The molecule has 2 heterocycles. The molecule has 0 aliphatic heterocycles. The standard InChI is InChI=1S/C14H12FN5OS.BrH/c1-8(13-9(2)19-21-20-13)17-18-14-16-12(7-22-14)10-3-5-11(15)6-4-10;/h3-7H,1-2H3,(H,16,18);1H. The highest BCUT2D eigenvalue weighted by Gasteiger charge is 2.09. The number of nitrogens with one attached hydrogen (secondary N) is 1. The first-order valence-electron chi connectivity index (χ1n) is 6.45. The van der Waals surface area contributed by atoms with E-state index in [0.717, 1.165) is 11.3 Å². The summed E-state index contributed by atoms with van der Waals surface area (Å²) in [5.74, 6) is -0.269. The van der Waals surface area contributed by atoms with Gasteiger partial charge in [-0.1, -0.05) is 5.16 Å². The third-order valence-corrected chi connectivity index (χ3v) is 3.71. The molecular formula is C14H13BrFN5OS. The number of anilines is 1. The predicted octanol–water partition coefficient (Wildman–Crippen LogP) is 4.05. The third-order valence-electron chi connectivity index (χ3n) is 2.96. The maximum Gasteiger partial charge on any atom is 0.203 e. The predicted molar refractivity (Wildman–Crippen MR) is 92.7 cm³/mol. The Balaban J connectivity index is 0.00000192. The highest BCUT2D eigenvalue weighted by molar-refractivity contribution is 8.93. The molecule has 3 rings (SSSR count). The Hall–Kier alpha value is -2.13. The van der Waals surface area contributed by atoms with Gasteiger partial charge < -0.3 is 0 Å². The van der Waals surface area contributed by atoms with Crippen molar-refractivity contribution in [3.63, 3.8) is 0 Å². The van der Waals surface area contributed by atoms with E-state index in [9.17, 15) is 4.39 Å². The lowest BCUT2D eigenvalue weighted by atomic mass is 10.2. The van der Waals surface area contributed by atoms with Crippen LogP contribution in [-0.4, -0.2) is 21.0 Å². The molecule has 23 heavy (non-hydrogen) atoms. The van der Waals surface area contributed by atoms with E-state index in [1.807, 2.05) is 5.38 Å². The first-order valence-corrected chi connectivity index (χ1v) is 7.33. The summed E-state index contributed by atoms with van der Waals surface area (Å²) in [4.78, 5) is 4.40. The molecule has 0 fully saturated rings. The number of hydrazone groups is 1. The lowest BCUT2D eigenvalue weighted by Crippen LogP contribution is -2.01. The summed E-state index contributed by atoms with van der Waals surface area (Å²) in [6.45, 7) is 3.59. The van der Waals surface area contributed by atoms with Crippen LogP contribution in [0.2, 0.25) is 0 Å². The molecular weight excluding hydrogens is 385 g/mol. The zero-order chi connectivity index (χ0) is 15.5. The van der Waals surface area contributed by atoms with E-state index in [-0.39, 0.29) is 22.8 Å². The Bertz CT molecular complexity index is 815. The molecule has 120 valence electrons. The van der Waals surface area contributed by atoms with Crippen LogP contribution in [0.15, 0.2) is 39.4 Å². The van der Waals surface area contributed by atoms with Gasteiger partial charge in [-0.3, -0.25) is 5.43 Å². The fourth-order valence-electron chi connectivity index (χ4n) is 1.82. The van der Waals surface area contributed by atoms with Gasteiger partial charge in [0.2, 0.25) is 5.13 Å². The van der Waals surface area contributed by atoms with Crippen LogP contribution >= 0.6 is 28.3 Å². The average molecular weight is 398 g/mol. The summed E-state index contributed by atoms with van der Waals surface area (Å²) in [6.07, 6.45) is 0. The van der Waals surface area contributed by atoms with Crippen LogP contribution in [0.1, 0.15) is 18.3 Å². The van der Waals surface area contributed by atoms with Crippen LogP contribution in [0, 0.1) is 12.7 Å². The van der Waals surface area contributed by atoms with Crippen molar-refractivity contribution in [2.75, 3.05) is 5.43 Å². The van der Waals surface area contributed by atoms with Crippen molar-refractivity contribution in [1.29, 1.82) is 0 Å². The van der Waals surface area contributed by atoms with E-state index in [1.54, 1.807) is 26.0 Å². The first kappa shape index (κ1) is 17.2. The van der Waals surface area contributed by atoms with E-state index >= 15 is 0 Å². The van der Waals surface area contributed by atoms with Gasteiger partial charge in [0.15, 0.2) is 5.69 Å². The van der Waals surface area contributed by atoms with Crippen LogP contribution < -0.4 is 5.43 Å². The Kier molecular flexibility index (Phi) is 5.56. The molecule has 0 bridgehead atoms. The summed E-state index contributed by atoms with van der Waals surface area (Å²) in [6, 6.07) is 6.19. The molecule has 6 nitrogen and oxygen atoms in total. The summed E-state index contributed by atoms with van der Waals surface area (Å²) >= 11 is 1.41. The Morgan fingerprint density at radius 1 is 1.26 bits per heavy atom. The number of halogens is 2. The van der Waals surface area contributed by atoms with Gasteiger partial charge in [0.25, 0.3) is 0 Å². The van der Waals surface area contributed by atoms with Crippen molar-refractivity contribution >= 4 is 39.2 Å². The van der Waals surface area contributed by atoms with E-state index in [0.29, 0.717) is 22.2 Å². The fourth-order valence-corrected chi connectivity index (χ4v) is 2.48. The first-order chi connectivity index (χ1) is 10.6. The van der Waals surface area contributed by atoms with E-state index in [2.05, 4.69) is 30.5 Å². The number of thiazole rings is 1. The largest absolute Gasteiger partial charge is 0.252 e. The van der Waals surface area contributed by atoms with Gasteiger partial charge in [-0.2, -0.15) is 5.10 Å². The lowest BCUT2D eigenvalue weighted by molar-refractivity contribution is 0.304. The highest BCUT2D eigenvalue weighted by Crippen LogP contribution is 2.25. The van der Waals surface area contributed by atoms with E-state index < -0.39 is 0 Å². The minimum atomic E-state index is -0.269. The topological polar surface area (TPSA) is 76.2 Å². The number of aryl methyl sites for hydroxylation is 1. The van der Waals surface area contributed by atoms with Crippen molar-refractivity contribution in [2.45, 2.75) is 13.8 Å². The monoisotopic (exact) mass is 397 g/mol. The second-order valence-electron chi connectivity index (χ2n) is 4.55. The van der Waals surface area contributed by atoms with Crippen LogP contribution in [-0.2, 0) is 0 Å². The van der Waals surface area contributed by atoms with Crippen molar-refractivity contribution in [3.8, 4) is 11.3 Å². The molecule has 1 aromatic carbocycles. The minimum Gasteiger partial charge on any atom is -0.252 e. The molecule has 0 unspecified atom stereocenters. The SMILES string of the molecule is Br.CC(=NNc1nc(-c2ccc(F)cc2)cs1)c1nonc1C. The van der Waals surface area contributed by atoms with Crippen LogP contribution in [0.4, 0.5) is 9.52 Å². The van der Waals surface area contributed by atoms with E-state index in [1.165, 1.54) is 23.5 Å². The molecule has 0 aliphatic rings. The van der Waals surface area contributed by atoms with Gasteiger partial charge in [-0.05, 0) is 43.3 Å². The third kappa shape index (κ3) is 3.99. The quantitative estimate of drug-likeness (QED) is 0.530. The van der Waals surface area contributed by atoms with Crippen LogP contribution in [0.25, 0.3) is 11.3 Å². The van der Waals surface area contributed by atoms with Crippen molar-refractivity contribution in [2.24, 2.45) is 5.10 Å². The molecule has 3 aromatic rings.